The zero-order valence-electron chi connectivity index (χ0n) is 17.6. The number of aryl methyl sites for hydroxylation is 1. The molecule has 7 rings (SSSR count). The van der Waals surface area contributed by atoms with E-state index in [2.05, 4.69) is 0 Å². The zero-order valence-corrected chi connectivity index (χ0v) is 17.6. The first-order chi connectivity index (χ1) is 15.9. The van der Waals surface area contributed by atoms with Gasteiger partial charge < -0.3 is 4.79 Å². The van der Waals surface area contributed by atoms with E-state index in [-0.39, 0.29) is 17.3 Å². The molecule has 0 saturated carbocycles. The van der Waals surface area contributed by atoms with Gasteiger partial charge in [0.25, 0.3) is 5.69 Å². The average Bonchev–Trinajstić information content (AvgIpc) is 3.10. The lowest BCUT2D eigenvalue weighted by molar-refractivity contribution is -0.384. The molecule has 33 heavy (non-hydrogen) atoms. The third kappa shape index (κ3) is 2.21. The number of carbonyl (C=O) groups is 3. The van der Waals surface area contributed by atoms with E-state index >= 15 is 0 Å². The van der Waals surface area contributed by atoms with Crippen molar-refractivity contribution < 1.29 is 19.3 Å². The number of rotatable bonds is 3. The second-order valence-corrected chi connectivity index (χ2v) is 8.88. The van der Waals surface area contributed by atoms with Crippen LogP contribution in [0.25, 0.3) is 0 Å². The van der Waals surface area contributed by atoms with Gasteiger partial charge in [0.15, 0.2) is 0 Å². The second-order valence-electron chi connectivity index (χ2n) is 8.88. The number of non-ortho nitro benzene ring substituents is 1. The summed E-state index contributed by atoms with van der Waals surface area (Å²) in [7, 11) is 0. The first-order valence-electron chi connectivity index (χ1n) is 10.7. The van der Waals surface area contributed by atoms with Gasteiger partial charge in [0.2, 0.25) is 11.8 Å². The van der Waals surface area contributed by atoms with Crippen LogP contribution in [0.15, 0.2) is 66.7 Å². The van der Waals surface area contributed by atoms with Crippen molar-refractivity contribution in [2.24, 2.45) is 11.8 Å². The molecule has 1 fully saturated rings. The van der Waals surface area contributed by atoms with Crippen LogP contribution in [0.2, 0.25) is 0 Å². The highest BCUT2D eigenvalue weighted by Crippen LogP contribution is 2.63. The molecule has 4 aliphatic rings. The Morgan fingerprint density at radius 1 is 0.939 bits per heavy atom. The molecule has 1 aliphatic heterocycles. The molecule has 7 nitrogen and oxygen atoms in total. The summed E-state index contributed by atoms with van der Waals surface area (Å²) in [4.78, 5) is 52.6. The van der Waals surface area contributed by atoms with Gasteiger partial charge in [-0.05, 0) is 34.7 Å². The molecule has 2 bridgehead atoms. The van der Waals surface area contributed by atoms with Crippen LogP contribution in [0.4, 0.5) is 11.4 Å². The Balaban J connectivity index is 1.63. The van der Waals surface area contributed by atoms with Gasteiger partial charge in [0.1, 0.15) is 6.29 Å². The lowest BCUT2D eigenvalue weighted by atomic mass is 9.48. The summed E-state index contributed by atoms with van der Waals surface area (Å²) < 4.78 is 0. The van der Waals surface area contributed by atoms with E-state index in [1.54, 1.807) is 6.92 Å². The van der Waals surface area contributed by atoms with Gasteiger partial charge in [0, 0.05) is 18.1 Å². The van der Waals surface area contributed by atoms with Gasteiger partial charge in [0.05, 0.1) is 27.9 Å². The molecule has 0 N–H and O–H groups in total. The third-order valence-corrected chi connectivity index (χ3v) is 7.51. The maximum absolute atomic E-state index is 13.9. The summed E-state index contributed by atoms with van der Waals surface area (Å²) in [6.07, 6.45) is 0.812. The summed E-state index contributed by atoms with van der Waals surface area (Å²) >= 11 is 0. The minimum absolute atomic E-state index is 0.196. The van der Waals surface area contributed by atoms with Gasteiger partial charge in [-0.15, -0.1) is 0 Å². The Morgan fingerprint density at radius 3 is 2.12 bits per heavy atom. The van der Waals surface area contributed by atoms with E-state index in [9.17, 15) is 24.5 Å². The highest BCUT2D eigenvalue weighted by molar-refractivity contribution is 6.25. The summed E-state index contributed by atoms with van der Waals surface area (Å²) in [5, 5.41) is 11.4. The molecule has 2 amide bonds. The summed E-state index contributed by atoms with van der Waals surface area (Å²) in [5.74, 6) is -2.95. The number of imide groups is 1. The van der Waals surface area contributed by atoms with Crippen molar-refractivity contribution in [2.45, 2.75) is 18.3 Å². The molecule has 3 aromatic rings. The van der Waals surface area contributed by atoms with E-state index in [1.165, 1.54) is 18.2 Å². The molecule has 3 aliphatic carbocycles. The zero-order chi connectivity index (χ0) is 23.1. The summed E-state index contributed by atoms with van der Waals surface area (Å²) in [6.45, 7) is 1.70. The molecule has 0 aromatic heterocycles. The molecule has 0 radical (unpaired) electrons. The third-order valence-electron chi connectivity index (χ3n) is 7.51. The Morgan fingerprint density at radius 2 is 1.55 bits per heavy atom. The van der Waals surface area contributed by atoms with Crippen LogP contribution in [0, 0.1) is 28.9 Å². The number of aldehydes is 1. The Hall–Kier alpha value is -4.13. The molecule has 7 heteroatoms. The predicted molar refractivity (Wildman–Crippen MR) is 119 cm³/mol. The van der Waals surface area contributed by atoms with Crippen LogP contribution >= 0.6 is 0 Å². The Kier molecular flexibility index (Phi) is 3.82. The van der Waals surface area contributed by atoms with Crippen LogP contribution in [0.1, 0.15) is 33.7 Å². The highest BCUT2D eigenvalue weighted by Gasteiger charge is 2.68. The van der Waals surface area contributed by atoms with Crippen molar-refractivity contribution in [3.05, 3.63) is 105 Å². The number of nitro groups is 1. The lowest BCUT2D eigenvalue weighted by Gasteiger charge is -2.51. The largest absolute Gasteiger partial charge is 0.302 e. The van der Waals surface area contributed by atoms with E-state index in [0.717, 1.165) is 33.4 Å². The normalized spacial score (nSPS) is 26.6. The van der Waals surface area contributed by atoms with Crippen LogP contribution in [0.5, 0.6) is 0 Å². The monoisotopic (exact) mass is 438 g/mol. The predicted octanol–water partition coefficient (Wildman–Crippen LogP) is 3.65. The lowest BCUT2D eigenvalue weighted by Crippen LogP contribution is -2.54. The Labute approximate surface area is 188 Å². The first-order valence-corrected chi connectivity index (χ1v) is 10.7. The summed E-state index contributed by atoms with van der Waals surface area (Å²) in [5.41, 5.74) is 2.54. The van der Waals surface area contributed by atoms with Crippen molar-refractivity contribution in [1.29, 1.82) is 0 Å². The number of amides is 2. The van der Waals surface area contributed by atoms with E-state index < -0.39 is 34.0 Å². The SMILES string of the molecule is Cc1ccc([N+](=O)[O-])cc1N1C(=O)[C@@H]2[C@@H](C1=O)C1c3ccccc3C2(C=O)c2ccccc21. The quantitative estimate of drug-likeness (QED) is 0.269. The molecular formula is C26H18N2O5. The van der Waals surface area contributed by atoms with Crippen molar-refractivity contribution in [2.75, 3.05) is 4.90 Å². The fourth-order valence-corrected chi connectivity index (χ4v) is 6.22. The molecule has 162 valence electrons. The van der Waals surface area contributed by atoms with E-state index in [4.69, 9.17) is 0 Å². The molecule has 1 saturated heterocycles. The molecule has 0 spiro atoms. The summed E-state index contributed by atoms with van der Waals surface area (Å²) in [6, 6.07) is 19.1. The number of benzene rings is 3. The van der Waals surface area contributed by atoms with Crippen molar-refractivity contribution in [3.63, 3.8) is 0 Å². The molecule has 1 heterocycles. The average molecular weight is 438 g/mol. The van der Waals surface area contributed by atoms with Gasteiger partial charge in [-0.25, -0.2) is 4.90 Å². The number of nitrogens with zero attached hydrogens (tertiary/aromatic N) is 2. The van der Waals surface area contributed by atoms with Gasteiger partial charge in [-0.3, -0.25) is 19.7 Å². The van der Waals surface area contributed by atoms with Gasteiger partial charge in [-0.1, -0.05) is 54.6 Å². The van der Waals surface area contributed by atoms with Crippen LogP contribution in [-0.2, 0) is 19.8 Å². The fraction of sp³-hybridized carbons (Fsp3) is 0.192. The first kappa shape index (κ1) is 19.5. The number of hydrogen-bond donors (Lipinski definition) is 0. The maximum atomic E-state index is 13.9. The van der Waals surface area contributed by atoms with Crippen LogP contribution < -0.4 is 4.90 Å². The van der Waals surface area contributed by atoms with Crippen molar-refractivity contribution in [1.82, 2.24) is 0 Å². The molecule has 0 unspecified atom stereocenters. The highest BCUT2D eigenvalue weighted by atomic mass is 16.6. The Bertz CT molecular complexity index is 1360. The number of nitro benzene ring substituents is 1. The van der Waals surface area contributed by atoms with Gasteiger partial charge >= 0.3 is 0 Å². The second kappa shape index (κ2) is 6.45. The smallest absolute Gasteiger partial charge is 0.271 e. The van der Waals surface area contributed by atoms with Crippen molar-refractivity contribution >= 4 is 29.5 Å². The fourth-order valence-electron chi connectivity index (χ4n) is 6.22. The molecular weight excluding hydrogens is 420 g/mol. The molecule has 3 aromatic carbocycles. The number of hydrogen-bond acceptors (Lipinski definition) is 5. The van der Waals surface area contributed by atoms with Crippen molar-refractivity contribution in [3.8, 4) is 0 Å². The van der Waals surface area contributed by atoms with Crippen LogP contribution in [0.3, 0.4) is 0 Å². The topological polar surface area (TPSA) is 97.6 Å². The maximum Gasteiger partial charge on any atom is 0.271 e. The van der Waals surface area contributed by atoms with Crippen LogP contribution in [-0.4, -0.2) is 23.0 Å². The number of anilines is 1. The minimum Gasteiger partial charge on any atom is -0.302 e. The van der Waals surface area contributed by atoms with E-state index in [1.807, 2.05) is 48.5 Å². The number of carbonyl (C=O) groups excluding carboxylic acids is 3. The standard InChI is InChI=1S/C26H18N2O5/c1-14-10-11-15(28(32)33)12-20(14)27-24(30)22-21-16-6-2-4-8-18(16)26(13-29,23(22)25(27)31)19-9-5-3-7-17(19)21/h2-13,21-23H,1H3/t21?,22-,23-,26?/m0/s1. The van der Waals surface area contributed by atoms with Gasteiger partial charge in [-0.2, -0.15) is 0 Å². The van der Waals surface area contributed by atoms with E-state index in [0.29, 0.717) is 5.56 Å². The minimum atomic E-state index is -1.29. The molecule has 2 atom stereocenters.